The average molecular weight is 538 g/mol. The minimum atomic E-state index is -0.295. The van der Waals surface area contributed by atoms with Gasteiger partial charge in [-0.3, -0.25) is 0 Å². The molecule has 0 bridgehead atoms. The van der Waals surface area contributed by atoms with Crippen molar-refractivity contribution in [3.05, 3.63) is 90.0 Å². The highest BCUT2D eigenvalue weighted by Crippen LogP contribution is 2.59. The molecule has 0 unspecified atom stereocenters. The largest absolute Gasteiger partial charge is 0.336 e. The summed E-state index contributed by atoms with van der Waals surface area (Å²) in [5.74, 6) is 0. The van der Waals surface area contributed by atoms with Gasteiger partial charge in [0.2, 0.25) is 0 Å². The Morgan fingerprint density at radius 3 is 1.88 bits per heavy atom. The van der Waals surface area contributed by atoms with Crippen LogP contribution in [0, 0.1) is 0 Å². The van der Waals surface area contributed by atoms with E-state index in [4.69, 9.17) is 0 Å². The second kappa shape index (κ2) is 7.40. The smallest absolute Gasteiger partial charge is 0.252 e. The predicted octanol–water partition coefficient (Wildman–Crippen LogP) is 7.36. The Hall–Kier alpha value is -3.66. The molecule has 0 N–H and O–H groups in total. The molecule has 0 saturated carbocycles. The molecule has 4 aliphatic heterocycles. The first kappa shape index (κ1) is 25.1. The summed E-state index contributed by atoms with van der Waals surface area (Å²) in [7, 11) is 0. The Morgan fingerprint density at radius 2 is 1.22 bits per heavy atom. The van der Waals surface area contributed by atoms with Crippen molar-refractivity contribution in [2.24, 2.45) is 0 Å². The maximum atomic E-state index is 2.72. The van der Waals surface area contributed by atoms with Crippen LogP contribution in [0.2, 0.25) is 0 Å². The van der Waals surface area contributed by atoms with Crippen molar-refractivity contribution in [3.8, 4) is 0 Å². The Kier molecular flexibility index (Phi) is 4.53. The van der Waals surface area contributed by atoms with Gasteiger partial charge in [-0.15, -0.1) is 0 Å². The molecule has 0 atom stereocenters. The lowest BCUT2D eigenvalue weighted by Crippen LogP contribution is -2.65. The highest BCUT2D eigenvalue weighted by molar-refractivity contribution is 7.00. The highest BCUT2D eigenvalue weighted by atomic mass is 15.5. The number of anilines is 6. The molecule has 0 aromatic heterocycles. The van der Waals surface area contributed by atoms with E-state index in [-0.39, 0.29) is 28.7 Å². The standard InChI is InChI=1S/C37H40BN3/c1-34(2,3)23-21-29-31-30(22-23)41-33-27(19-14-20-28(33)39(37(41,8)9)24-15-11-10-12-16-24)38(31)26-18-13-17-25-32(26)40(29)36(6,7)35(25,4)5/h10-22H,1-9H3. The summed E-state index contributed by atoms with van der Waals surface area (Å²) in [5, 5.41) is 0. The first-order chi connectivity index (χ1) is 19.3. The van der Waals surface area contributed by atoms with Crippen LogP contribution < -0.4 is 31.1 Å². The predicted molar refractivity (Wildman–Crippen MR) is 177 cm³/mol. The van der Waals surface area contributed by atoms with Gasteiger partial charge in [-0.05, 0) is 91.0 Å². The van der Waals surface area contributed by atoms with E-state index in [0.717, 1.165) is 0 Å². The summed E-state index contributed by atoms with van der Waals surface area (Å²) >= 11 is 0. The van der Waals surface area contributed by atoms with E-state index in [0.29, 0.717) is 0 Å². The van der Waals surface area contributed by atoms with Crippen LogP contribution in [0.1, 0.15) is 73.4 Å². The van der Waals surface area contributed by atoms with E-state index >= 15 is 0 Å². The SMILES string of the molecule is CC(C)(C)c1cc2c3c(c1)N1c4c(cccc4C(C)(C)C1(C)C)B3c1cccc3c1N2C(C)(C)N3c1ccccc1. The van der Waals surface area contributed by atoms with Gasteiger partial charge in [-0.1, -0.05) is 83.1 Å². The molecule has 0 aliphatic carbocycles. The van der Waals surface area contributed by atoms with E-state index < -0.39 is 0 Å². The van der Waals surface area contributed by atoms with Crippen LogP contribution >= 0.6 is 0 Å². The third-order valence-electron chi connectivity index (χ3n) is 11.1. The van der Waals surface area contributed by atoms with Gasteiger partial charge in [0.25, 0.3) is 6.71 Å². The first-order valence-electron chi connectivity index (χ1n) is 15.2. The van der Waals surface area contributed by atoms with Crippen molar-refractivity contribution in [2.45, 2.75) is 84.3 Å². The number of nitrogens with zero attached hydrogens (tertiary/aromatic N) is 3. The zero-order valence-corrected chi connectivity index (χ0v) is 25.9. The van der Waals surface area contributed by atoms with Gasteiger partial charge in [0.1, 0.15) is 5.66 Å². The van der Waals surface area contributed by atoms with Crippen LogP contribution in [-0.4, -0.2) is 17.9 Å². The lowest BCUT2D eigenvalue weighted by atomic mass is 9.33. The van der Waals surface area contributed by atoms with Gasteiger partial charge in [-0.2, -0.15) is 0 Å². The van der Waals surface area contributed by atoms with Crippen LogP contribution in [0.4, 0.5) is 34.1 Å². The minimum absolute atomic E-state index is 0.00126. The van der Waals surface area contributed by atoms with Crippen molar-refractivity contribution in [3.63, 3.8) is 0 Å². The number of rotatable bonds is 1. The second-order valence-electron chi connectivity index (χ2n) is 15.1. The molecule has 0 fully saturated rings. The number of hydrogen-bond acceptors (Lipinski definition) is 3. The molecule has 0 amide bonds. The van der Waals surface area contributed by atoms with Gasteiger partial charge in [0, 0.05) is 33.7 Å². The Morgan fingerprint density at radius 1 is 0.610 bits per heavy atom. The summed E-state index contributed by atoms with van der Waals surface area (Å²) in [4.78, 5) is 7.93. The number of fused-ring (bicyclic) bond motifs is 4. The summed E-state index contributed by atoms with van der Waals surface area (Å²) in [6.07, 6.45) is 0. The molecule has 0 spiro atoms. The van der Waals surface area contributed by atoms with Crippen molar-refractivity contribution in [1.82, 2.24) is 0 Å². The van der Waals surface area contributed by atoms with Crippen LogP contribution in [0.3, 0.4) is 0 Å². The van der Waals surface area contributed by atoms with E-state index in [1.54, 1.807) is 0 Å². The van der Waals surface area contributed by atoms with Crippen LogP contribution in [0.15, 0.2) is 78.9 Å². The highest BCUT2D eigenvalue weighted by Gasteiger charge is 2.59. The molecular formula is C37H40BN3. The number of hydrogen-bond donors (Lipinski definition) is 0. The minimum Gasteiger partial charge on any atom is -0.336 e. The number of benzene rings is 4. The monoisotopic (exact) mass is 537 g/mol. The zero-order valence-electron chi connectivity index (χ0n) is 25.9. The molecule has 0 saturated heterocycles. The van der Waals surface area contributed by atoms with E-state index in [9.17, 15) is 0 Å². The quantitative estimate of drug-likeness (QED) is 0.235. The molecule has 41 heavy (non-hydrogen) atoms. The van der Waals surface area contributed by atoms with Gasteiger partial charge in [0.05, 0.1) is 11.4 Å². The molecule has 8 rings (SSSR count). The topological polar surface area (TPSA) is 9.72 Å². The van der Waals surface area contributed by atoms with Gasteiger partial charge in [0.15, 0.2) is 0 Å². The van der Waals surface area contributed by atoms with E-state index in [1.807, 2.05) is 0 Å². The van der Waals surface area contributed by atoms with Crippen molar-refractivity contribution in [1.29, 1.82) is 0 Å². The lowest BCUT2D eigenvalue weighted by Gasteiger charge is -2.50. The fourth-order valence-corrected chi connectivity index (χ4v) is 8.38. The summed E-state index contributed by atoms with van der Waals surface area (Å²) in [6.45, 7) is 21.8. The third kappa shape index (κ3) is 2.82. The fourth-order valence-electron chi connectivity index (χ4n) is 8.38. The molecule has 4 heterocycles. The maximum absolute atomic E-state index is 2.72. The normalized spacial score (nSPS) is 19.7. The molecular weight excluding hydrogens is 497 g/mol. The van der Waals surface area contributed by atoms with E-state index in [1.165, 1.54) is 61.6 Å². The maximum Gasteiger partial charge on any atom is 0.252 e. The molecule has 4 aromatic rings. The van der Waals surface area contributed by atoms with Gasteiger partial charge in [-0.25, -0.2) is 0 Å². The van der Waals surface area contributed by atoms with Gasteiger partial charge < -0.3 is 14.7 Å². The summed E-state index contributed by atoms with van der Waals surface area (Å²) < 4.78 is 0. The van der Waals surface area contributed by atoms with Crippen LogP contribution in [0.25, 0.3) is 0 Å². The zero-order chi connectivity index (χ0) is 28.9. The summed E-state index contributed by atoms with van der Waals surface area (Å²) in [5.41, 5.74) is 14.9. The molecule has 3 nitrogen and oxygen atoms in total. The lowest BCUT2D eigenvalue weighted by molar-refractivity contribution is 0.330. The Bertz CT molecular complexity index is 1780. The summed E-state index contributed by atoms with van der Waals surface area (Å²) in [6, 6.07) is 30.1. The molecule has 0 radical (unpaired) electrons. The van der Waals surface area contributed by atoms with E-state index in [2.05, 4.69) is 156 Å². The number of para-hydroxylation sites is 3. The molecule has 4 aromatic carbocycles. The van der Waals surface area contributed by atoms with Crippen LogP contribution in [-0.2, 0) is 10.8 Å². The van der Waals surface area contributed by atoms with Crippen LogP contribution in [0.5, 0.6) is 0 Å². The average Bonchev–Trinajstić information content (AvgIpc) is 3.25. The van der Waals surface area contributed by atoms with Crippen molar-refractivity contribution >= 4 is 57.2 Å². The molecule has 4 heteroatoms. The Balaban J connectivity index is 1.53. The third-order valence-corrected chi connectivity index (χ3v) is 11.1. The van der Waals surface area contributed by atoms with Crippen molar-refractivity contribution < 1.29 is 0 Å². The van der Waals surface area contributed by atoms with Gasteiger partial charge >= 0.3 is 0 Å². The molecule has 4 aliphatic rings. The first-order valence-corrected chi connectivity index (χ1v) is 15.2. The second-order valence-corrected chi connectivity index (χ2v) is 15.1. The Labute approximate surface area is 245 Å². The fraction of sp³-hybridized carbons (Fsp3) is 0.351. The van der Waals surface area contributed by atoms with Crippen molar-refractivity contribution in [2.75, 3.05) is 14.7 Å². The molecule has 206 valence electrons.